The molecule has 1 fully saturated rings. The average Bonchev–Trinajstić information content (AvgIpc) is 3.30. The van der Waals surface area contributed by atoms with Crippen LogP contribution in [0.15, 0.2) is 24.3 Å². The summed E-state index contributed by atoms with van der Waals surface area (Å²) in [6.07, 6.45) is 2.22. The molecule has 0 radical (unpaired) electrons. The van der Waals surface area contributed by atoms with Gasteiger partial charge in [0.25, 0.3) is 11.8 Å². The van der Waals surface area contributed by atoms with Crippen molar-refractivity contribution in [1.82, 2.24) is 10.6 Å². The standard InChI is InChI=1S/C16H23N3O2/c1-11(15(20)18-14-8-9-14)19(3)10-12-4-6-13(7-5-12)16(21)17-2/h4-7,11,14H,8-10H2,1-3H3,(H,17,21)(H,18,20)/p+1/t11-/m1/s1. The van der Waals surface area contributed by atoms with Crippen molar-refractivity contribution in [2.75, 3.05) is 14.1 Å². The molecule has 5 heteroatoms. The first kappa shape index (κ1) is 15.5. The summed E-state index contributed by atoms with van der Waals surface area (Å²) in [5, 5.41) is 5.64. The van der Waals surface area contributed by atoms with Gasteiger partial charge in [-0.05, 0) is 31.9 Å². The van der Waals surface area contributed by atoms with Gasteiger partial charge in [0.15, 0.2) is 6.04 Å². The van der Waals surface area contributed by atoms with E-state index in [1.807, 2.05) is 38.2 Å². The van der Waals surface area contributed by atoms with Gasteiger partial charge in [0.1, 0.15) is 6.54 Å². The van der Waals surface area contributed by atoms with Crippen LogP contribution in [0.25, 0.3) is 0 Å². The minimum Gasteiger partial charge on any atom is -0.355 e. The summed E-state index contributed by atoms with van der Waals surface area (Å²) in [7, 11) is 3.64. The monoisotopic (exact) mass is 290 g/mol. The van der Waals surface area contributed by atoms with E-state index >= 15 is 0 Å². The Morgan fingerprint density at radius 3 is 2.43 bits per heavy atom. The first-order chi connectivity index (χ1) is 10.0. The van der Waals surface area contributed by atoms with Crippen LogP contribution in [0.5, 0.6) is 0 Å². The fourth-order valence-corrected chi connectivity index (χ4v) is 2.17. The van der Waals surface area contributed by atoms with E-state index in [0.29, 0.717) is 11.6 Å². The van der Waals surface area contributed by atoms with Crippen LogP contribution in [0.4, 0.5) is 0 Å². The van der Waals surface area contributed by atoms with Crippen molar-refractivity contribution in [2.45, 2.75) is 38.4 Å². The quantitative estimate of drug-likeness (QED) is 0.675. The minimum atomic E-state index is -0.0839. The van der Waals surface area contributed by atoms with Crippen molar-refractivity contribution in [2.24, 2.45) is 0 Å². The Balaban J connectivity index is 1.90. The largest absolute Gasteiger partial charge is 0.355 e. The number of nitrogens with one attached hydrogen (secondary N) is 3. The zero-order valence-corrected chi connectivity index (χ0v) is 12.9. The summed E-state index contributed by atoms with van der Waals surface area (Å²) >= 11 is 0. The Kier molecular flexibility index (Phi) is 4.96. The molecule has 2 amide bonds. The number of hydrogen-bond acceptors (Lipinski definition) is 2. The minimum absolute atomic E-state index is 0.0794. The molecule has 5 nitrogen and oxygen atoms in total. The van der Waals surface area contributed by atoms with Gasteiger partial charge in [-0.3, -0.25) is 9.59 Å². The molecule has 0 heterocycles. The van der Waals surface area contributed by atoms with Crippen LogP contribution in [0, 0.1) is 0 Å². The number of rotatable bonds is 6. The third-order valence-corrected chi connectivity index (χ3v) is 3.98. The highest BCUT2D eigenvalue weighted by atomic mass is 16.2. The van der Waals surface area contributed by atoms with Crippen molar-refractivity contribution in [3.8, 4) is 0 Å². The van der Waals surface area contributed by atoms with Crippen molar-refractivity contribution in [3.05, 3.63) is 35.4 Å². The van der Waals surface area contributed by atoms with E-state index in [2.05, 4.69) is 10.6 Å². The molecular weight excluding hydrogens is 266 g/mol. The first-order valence-corrected chi connectivity index (χ1v) is 7.45. The molecule has 2 rings (SSSR count). The second-order valence-corrected chi connectivity index (χ2v) is 5.80. The summed E-state index contributed by atoms with van der Waals surface area (Å²) in [4.78, 5) is 24.6. The third-order valence-electron chi connectivity index (χ3n) is 3.98. The summed E-state index contributed by atoms with van der Waals surface area (Å²) in [6, 6.07) is 7.84. The summed E-state index contributed by atoms with van der Waals surface area (Å²) in [6.45, 7) is 2.71. The Morgan fingerprint density at radius 1 is 1.29 bits per heavy atom. The number of amides is 2. The van der Waals surface area contributed by atoms with E-state index in [4.69, 9.17) is 0 Å². The van der Waals surface area contributed by atoms with Gasteiger partial charge in [-0.1, -0.05) is 12.1 Å². The number of quaternary nitrogens is 1. The van der Waals surface area contributed by atoms with Gasteiger partial charge < -0.3 is 15.5 Å². The average molecular weight is 290 g/mol. The maximum atomic E-state index is 12.0. The molecular formula is C16H24N3O2+. The van der Waals surface area contributed by atoms with Crippen LogP contribution >= 0.6 is 0 Å². The molecule has 114 valence electrons. The highest BCUT2D eigenvalue weighted by Crippen LogP contribution is 2.18. The lowest BCUT2D eigenvalue weighted by atomic mass is 10.1. The van der Waals surface area contributed by atoms with E-state index in [1.54, 1.807) is 7.05 Å². The van der Waals surface area contributed by atoms with Gasteiger partial charge in [-0.25, -0.2) is 0 Å². The molecule has 1 aliphatic carbocycles. The maximum Gasteiger partial charge on any atom is 0.278 e. The van der Waals surface area contributed by atoms with Gasteiger partial charge in [0, 0.05) is 24.2 Å². The lowest BCUT2D eigenvalue weighted by Gasteiger charge is -2.21. The Bertz CT molecular complexity index is 509. The molecule has 1 aliphatic rings. The molecule has 0 saturated heterocycles. The summed E-state index contributed by atoms with van der Waals surface area (Å²) in [5.74, 6) is 0.0383. The molecule has 1 unspecified atom stereocenters. The summed E-state index contributed by atoms with van der Waals surface area (Å²) < 4.78 is 0. The van der Waals surface area contributed by atoms with Crippen molar-refractivity contribution in [3.63, 3.8) is 0 Å². The number of carbonyl (C=O) groups excluding carboxylic acids is 2. The predicted molar refractivity (Wildman–Crippen MR) is 81.0 cm³/mol. The zero-order valence-electron chi connectivity index (χ0n) is 12.9. The van der Waals surface area contributed by atoms with E-state index in [1.165, 1.54) is 0 Å². The van der Waals surface area contributed by atoms with Crippen LogP contribution in [0.1, 0.15) is 35.7 Å². The molecule has 21 heavy (non-hydrogen) atoms. The van der Waals surface area contributed by atoms with Gasteiger partial charge in [0.05, 0.1) is 7.05 Å². The first-order valence-electron chi connectivity index (χ1n) is 7.45. The van der Waals surface area contributed by atoms with E-state index in [9.17, 15) is 9.59 Å². The molecule has 1 aromatic carbocycles. The molecule has 0 aromatic heterocycles. The molecule has 1 saturated carbocycles. The fraction of sp³-hybridized carbons (Fsp3) is 0.500. The number of likely N-dealkylation sites (N-methyl/N-ethyl adjacent to an activating group) is 1. The number of hydrogen-bond donors (Lipinski definition) is 3. The molecule has 2 atom stereocenters. The Labute approximate surface area is 125 Å². The predicted octanol–water partition coefficient (Wildman–Crippen LogP) is -0.272. The van der Waals surface area contributed by atoms with Gasteiger partial charge in [0.2, 0.25) is 0 Å². The van der Waals surface area contributed by atoms with Crippen LogP contribution < -0.4 is 15.5 Å². The van der Waals surface area contributed by atoms with Gasteiger partial charge >= 0.3 is 0 Å². The van der Waals surface area contributed by atoms with Crippen molar-refractivity contribution in [1.29, 1.82) is 0 Å². The van der Waals surface area contributed by atoms with Crippen LogP contribution in [-0.4, -0.2) is 38.0 Å². The van der Waals surface area contributed by atoms with Gasteiger partial charge in [-0.15, -0.1) is 0 Å². The fourth-order valence-electron chi connectivity index (χ4n) is 2.17. The summed E-state index contributed by atoms with van der Waals surface area (Å²) in [5.41, 5.74) is 1.77. The highest BCUT2D eigenvalue weighted by Gasteiger charge is 2.29. The lowest BCUT2D eigenvalue weighted by Crippen LogP contribution is -3.12. The maximum absolute atomic E-state index is 12.0. The van der Waals surface area contributed by atoms with Crippen LogP contribution in [0.2, 0.25) is 0 Å². The van der Waals surface area contributed by atoms with Crippen LogP contribution in [0.3, 0.4) is 0 Å². The Morgan fingerprint density at radius 2 is 1.90 bits per heavy atom. The highest BCUT2D eigenvalue weighted by molar-refractivity contribution is 5.93. The van der Waals surface area contributed by atoms with E-state index < -0.39 is 0 Å². The molecule has 3 N–H and O–H groups in total. The third kappa shape index (κ3) is 4.29. The van der Waals surface area contributed by atoms with E-state index in [0.717, 1.165) is 29.8 Å². The molecule has 0 spiro atoms. The SMILES string of the molecule is CNC(=O)c1ccc(C[NH+](C)[C@H](C)C(=O)NC2CC2)cc1. The molecule has 0 bridgehead atoms. The number of benzene rings is 1. The van der Waals surface area contributed by atoms with Crippen LogP contribution in [-0.2, 0) is 11.3 Å². The zero-order chi connectivity index (χ0) is 15.4. The topological polar surface area (TPSA) is 62.6 Å². The molecule has 0 aliphatic heterocycles. The Hall–Kier alpha value is -1.88. The normalized spacial score (nSPS) is 16.9. The molecule has 1 aromatic rings. The number of carbonyl (C=O) groups is 2. The van der Waals surface area contributed by atoms with Gasteiger partial charge in [-0.2, -0.15) is 0 Å². The van der Waals surface area contributed by atoms with Crippen molar-refractivity contribution < 1.29 is 14.5 Å². The van der Waals surface area contributed by atoms with E-state index in [-0.39, 0.29) is 17.9 Å². The smallest absolute Gasteiger partial charge is 0.278 e. The van der Waals surface area contributed by atoms with Crippen molar-refractivity contribution >= 4 is 11.8 Å². The lowest BCUT2D eigenvalue weighted by molar-refractivity contribution is -0.908. The second-order valence-electron chi connectivity index (χ2n) is 5.80. The second kappa shape index (κ2) is 6.72.